The summed E-state index contributed by atoms with van der Waals surface area (Å²) in [5, 5.41) is 5.78. The van der Waals surface area contributed by atoms with Gasteiger partial charge in [-0.1, -0.05) is 13.8 Å². The largest absolute Gasteiger partial charge is 0.376 e. The molecule has 1 saturated heterocycles. The second kappa shape index (κ2) is 6.67. The molecule has 2 N–H and O–H groups in total. The van der Waals surface area contributed by atoms with Crippen LogP contribution in [0.3, 0.4) is 0 Å². The highest BCUT2D eigenvalue weighted by molar-refractivity contribution is 5.74. The molecule has 0 spiro atoms. The Bertz CT molecular complexity index is 187. The van der Waals surface area contributed by atoms with Crippen LogP contribution >= 0.6 is 0 Å². The number of hydrogen-bond acceptors (Lipinski definition) is 2. The number of rotatable bonds is 5. The van der Waals surface area contributed by atoms with Crippen LogP contribution in [0.25, 0.3) is 0 Å². The summed E-state index contributed by atoms with van der Waals surface area (Å²) in [6.07, 6.45) is 4.34. The zero-order chi connectivity index (χ0) is 11.1. The molecule has 88 valence electrons. The zero-order valence-corrected chi connectivity index (χ0v) is 9.71. The van der Waals surface area contributed by atoms with Crippen molar-refractivity contribution in [3.8, 4) is 0 Å². The third kappa shape index (κ3) is 4.51. The number of amides is 2. The van der Waals surface area contributed by atoms with Crippen molar-refractivity contribution in [1.82, 2.24) is 10.6 Å². The molecule has 1 unspecified atom stereocenters. The minimum atomic E-state index is -0.0702. The van der Waals surface area contributed by atoms with E-state index in [2.05, 4.69) is 24.5 Å². The number of urea groups is 1. The molecular weight excluding hydrogens is 192 g/mol. The third-order valence-electron chi connectivity index (χ3n) is 2.84. The van der Waals surface area contributed by atoms with E-state index >= 15 is 0 Å². The summed E-state index contributed by atoms with van der Waals surface area (Å²) < 4.78 is 5.42. The number of nitrogens with one attached hydrogen (secondary N) is 2. The zero-order valence-electron chi connectivity index (χ0n) is 9.71. The molecule has 1 fully saturated rings. The molecule has 0 aromatic carbocycles. The Morgan fingerprint density at radius 2 is 2.20 bits per heavy atom. The van der Waals surface area contributed by atoms with Gasteiger partial charge in [-0.2, -0.15) is 0 Å². The lowest BCUT2D eigenvalue weighted by atomic mass is 10.2. The molecule has 0 radical (unpaired) electrons. The van der Waals surface area contributed by atoms with E-state index in [1.807, 2.05) is 0 Å². The summed E-state index contributed by atoms with van der Waals surface area (Å²) in [6.45, 7) is 5.62. The average molecular weight is 214 g/mol. The standard InChI is InChI=1S/C11H22N2O2/c1-3-9(4-2)13-11(14)12-8-10-6-5-7-15-10/h9-10H,3-8H2,1-2H3,(H2,12,13,14). The molecule has 1 rings (SSSR count). The van der Waals surface area contributed by atoms with Crippen LogP contribution in [-0.4, -0.2) is 31.3 Å². The van der Waals surface area contributed by atoms with Crippen LogP contribution in [0.15, 0.2) is 0 Å². The fraction of sp³-hybridized carbons (Fsp3) is 0.909. The molecular formula is C11H22N2O2. The Morgan fingerprint density at radius 3 is 2.73 bits per heavy atom. The highest BCUT2D eigenvalue weighted by Gasteiger charge is 2.16. The quantitative estimate of drug-likeness (QED) is 0.731. The lowest BCUT2D eigenvalue weighted by Gasteiger charge is -2.16. The van der Waals surface area contributed by atoms with Crippen LogP contribution in [0.4, 0.5) is 4.79 Å². The molecule has 2 amide bonds. The topological polar surface area (TPSA) is 50.4 Å². The molecule has 0 aromatic heterocycles. The minimum absolute atomic E-state index is 0.0702. The fourth-order valence-electron chi connectivity index (χ4n) is 1.74. The molecule has 1 heterocycles. The first-order valence-corrected chi connectivity index (χ1v) is 5.92. The van der Waals surface area contributed by atoms with Gasteiger partial charge in [0.25, 0.3) is 0 Å². The summed E-state index contributed by atoms with van der Waals surface area (Å²) in [7, 11) is 0. The van der Waals surface area contributed by atoms with Crippen LogP contribution in [0, 0.1) is 0 Å². The van der Waals surface area contributed by atoms with Crippen molar-refractivity contribution < 1.29 is 9.53 Å². The van der Waals surface area contributed by atoms with Gasteiger partial charge in [-0.25, -0.2) is 4.79 Å². The number of hydrogen-bond donors (Lipinski definition) is 2. The Morgan fingerprint density at radius 1 is 1.47 bits per heavy atom. The smallest absolute Gasteiger partial charge is 0.315 e. The lowest BCUT2D eigenvalue weighted by Crippen LogP contribution is -2.44. The summed E-state index contributed by atoms with van der Waals surface area (Å²) in [6, 6.07) is 0.216. The van der Waals surface area contributed by atoms with Crippen molar-refractivity contribution in [2.75, 3.05) is 13.2 Å². The van der Waals surface area contributed by atoms with Gasteiger partial charge in [0.2, 0.25) is 0 Å². The van der Waals surface area contributed by atoms with E-state index in [1.54, 1.807) is 0 Å². The van der Waals surface area contributed by atoms with Gasteiger partial charge >= 0.3 is 6.03 Å². The lowest BCUT2D eigenvalue weighted by molar-refractivity contribution is 0.111. The van der Waals surface area contributed by atoms with Gasteiger partial charge < -0.3 is 15.4 Å². The maximum Gasteiger partial charge on any atom is 0.315 e. The highest BCUT2D eigenvalue weighted by Crippen LogP contribution is 2.10. The van der Waals surface area contributed by atoms with Crippen molar-refractivity contribution >= 4 is 6.03 Å². The van der Waals surface area contributed by atoms with E-state index in [0.717, 1.165) is 32.3 Å². The van der Waals surface area contributed by atoms with E-state index in [9.17, 15) is 4.79 Å². The molecule has 4 heteroatoms. The molecule has 1 atom stereocenters. The highest BCUT2D eigenvalue weighted by atomic mass is 16.5. The van der Waals surface area contributed by atoms with Crippen LogP contribution < -0.4 is 10.6 Å². The van der Waals surface area contributed by atoms with Crippen LogP contribution in [-0.2, 0) is 4.74 Å². The Labute approximate surface area is 91.8 Å². The van der Waals surface area contributed by atoms with Gasteiger partial charge in [-0.15, -0.1) is 0 Å². The molecule has 0 aliphatic carbocycles. The predicted molar refractivity (Wildman–Crippen MR) is 59.9 cm³/mol. The van der Waals surface area contributed by atoms with Crippen molar-refractivity contribution in [3.63, 3.8) is 0 Å². The van der Waals surface area contributed by atoms with E-state index in [4.69, 9.17) is 4.74 Å². The average Bonchev–Trinajstić information content (AvgIpc) is 2.75. The van der Waals surface area contributed by atoms with Crippen LogP contribution in [0.1, 0.15) is 39.5 Å². The summed E-state index contributed by atoms with van der Waals surface area (Å²) in [5.41, 5.74) is 0. The number of ether oxygens (including phenoxy) is 1. The Hall–Kier alpha value is -0.770. The maximum absolute atomic E-state index is 11.5. The van der Waals surface area contributed by atoms with Gasteiger partial charge in [0.05, 0.1) is 6.10 Å². The molecule has 15 heavy (non-hydrogen) atoms. The second-order valence-corrected chi connectivity index (χ2v) is 4.00. The summed E-state index contributed by atoms with van der Waals surface area (Å²) in [4.78, 5) is 11.5. The van der Waals surface area contributed by atoms with Crippen LogP contribution in [0.2, 0.25) is 0 Å². The monoisotopic (exact) mass is 214 g/mol. The van der Waals surface area contributed by atoms with E-state index in [-0.39, 0.29) is 18.2 Å². The molecule has 1 aliphatic heterocycles. The second-order valence-electron chi connectivity index (χ2n) is 4.00. The molecule has 0 saturated carbocycles. The number of carbonyl (C=O) groups is 1. The van der Waals surface area contributed by atoms with Crippen molar-refractivity contribution in [2.24, 2.45) is 0 Å². The predicted octanol–water partition coefficient (Wildman–Crippen LogP) is 1.65. The van der Waals surface area contributed by atoms with E-state index in [1.165, 1.54) is 0 Å². The third-order valence-corrected chi connectivity index (χ3v) is 2.84. The fourth-order valence-corrected chi connectivity index (χ4v) is 1.74. The maximum atomic E-state index is 11.5. The molecule has 0 bridgehead atoms. The van der Waals surface area contributed by atoms with Gasteiger partial charge in [0.1, 0.15) is 0 Å². The van der Waals surface area contributed by atoms with Gasteiger partial charge in [0.15, 0.2) is 0 Å². The van der Waals surface area contributed by atoms with Gasteiger partial charge in [-0.3, -0.25) is 0 Å². The van der Waals surface area contributed by atoms with Gasteiger partial charge in [0, 0.05) is 19.2 Å². The number of carbonyl (C=O) groups excluding carboxylic acids is 1. The summed E-state index contributed by atoms with van der Waals surface area (Å²) in [5.74, 6) is 0. The van der Waals surface area contributed by atoms with Crippen LogP contribution in [0.5, 0.6) is 0 Å². The minimum Gasteiger partial charge on any atom is -0.376 e. The molecule has 0 aromatic rings. The molecule has 4 nitrogen and oxygen atoms in total. The normalized spacial score (nSPS) is 20.6. The van der Waals surface area contributed by atoms with E-state index in [0.29, 0.717) is 6.54 Å². The first kappa shape index (κ1) is 12.3. The SMILES string of the molecule is CCC(CC)NC(=O)NCC1CCCO1. The first-order chi connectivity index (χ1) is 7.26. The first-order valence-electron chi connectivity index (χ1n) is 5.92. The van der Waals surface area contributed by atoms with Crippen molar-refractivity contribution in [2.45, 2.75) is 51.7 Å². The van der Waals surface area contributed by atoms with E-state index < -0.39 is 0 Å². The van der Waals surface area contributed by atoms with Gasteiger partial charge in [-0.05, 0) is 25.7 Å². The summed E-state index contributed by atoms with van der Waals surface area (Å²) >= 11 is 0. The Balaban J connectivity index is 2.11. The van der Waals surface area contributed by atoms with Crippen molar-refractivity contribution in [3.05, 3.63) is 0 Å². The Kier molecular flexibility index (Phi) is 5.47. The molecule has 1 aliphatic rings. The van der Waals surface area contributed by atoms with Crippen molar-refractivity contribution in [1.29, 1.82) is 0 Å².